The molecule has 47 heteroatoms. The largest absolute Gasteiger partial charge is 0.481 e. The summed E-state index contributed by atoms with van der Waals surface area (Å²) in [6.07, 6.45) is -3.42. The zero-order valence-corrected chi connectivity index (χ0v) is 54.4. The Hall–Kier alpha value is -10.9. The Morgan fingerprint density at radius 1 is 0.747 bits per heavy atom. The third-order valence-corrected chi connectivity index (χ3v) is 14.9. The highest BCUT2D eigenvalue weighted by molar-refractivity contribution is 7.90. The Morgan fingerprint density at radius 2 is 1.27 bits per heavy atom. The number of urea groups is 2. The summed E-state index contributed by atoms with van der Waals surface area (Å²) in [5, 5.41) is 31.4. The minimum atomic E-state index is -4.71. The number of hydrogen-bond donors (Lipinski definition) is 8. The van der Waals surface area contributed by atoms with Gasteiger partial charge >= 0.3 is 55.3 Å². The number of nitrogens with one attached hydrogen (secondary N) is 4. The first-order chi connectivity index (χ1) is 46.0. The van der Waals surface area contributed by atoms with Crippen LogP contribution in [0.3, 0.4) is 0 Å². The van der Waals surface area contributed by atoms with Gasteiger partial charge in [0.25, 0.3) is 31.6 Å². The number of amides is 5. The van der Waals surface area contributed by atoms with Crippen LogP contribution >= 0.6 is 19.0 Å². The van der Waals surface area contributed by atoms with Gasteiger partial charge in [-0.1, -0.05) is 23.7 Å². The van der Waals surface area contributed by atoms with E-state index >= 15 is 0 Å². The fourth-order valence-electron chi connectivity index (χ4n) is 6.62. The highest BCUT2D eigenvalue weighted by Gasteiger charge is 2.32. The van der Waals surface area contributed by atoms with E-state index in [1.807, 2.05) is 0 Å². The van der Waals surface area contributed by atoms with Gasteiger partial charge in [0, 0.05) is 45.3 Å². The van der Waals surface area contributed by atoms with E-state index in [2.05, 4.69) is 44.4 Å². The van der Waals surface area contributed by atoms with Crippen molar-refractivity contribution in [2.45, 2.75) is 48.7 Å². The average Bonchev–Trinajstić information content (AvgIpc) is 0.813. The Labute approximate surface area is 557 Å². The molecule has 0 aliphatic carbocycles. The number of aromatic nitrogens is 5. The number of carboxylic acid groups (broad SMARTS) is 2. The Bertz CT molecular complexity index is 4160. The molecule has 2 unspecified atom stereocenters. The molecule has 538 valence electrons. The third-order valence-electron chi connectivity index (χ3n) is 10.8. The standard InChI is InChI=1S/C18H13ClF3NO7.C15H18N6O6S.C14H10F4N4O7S.C5H12NO4P/c1-2-28-16(24)9-29-17(25)12-8-11(4-5-14(12)23(26)27)30-15-6-3-10(7-13(15)19)18(20,21)22;1-21(2)13(22)9-6-5-7-16-12(9)28(24,25)20-15(23)19-14-17-10(26-3)8-11(18-14)27-4;15-11(16)28-8-5-9(29-12(17)18)20-13(19-8)21-14(25)22-30(26,27)7-4-2-1-3-6(7)10(23)24;1-11(9,10)3-2-4(6)5(7)8/h3-8H,2,9H2,1H3;5-8H,1-4H3,(H2,17,18,19,20,23);1-5,11-12H,(H,23,24)(H2,19,20,21,22,25);4H,2-3,6H2,1H3,(H,7,8)(H,9,10). The number of methoxy groups -OCH3 is 2. The van der Waals surface area contributed by atoms with E-state index in [1.54, 1.807) is 10.0 Å². The Morgan fingerprint density at radius 3 is 1.75 bits per heavy atom. The molecule has 0 saturated heterocycles. The van der Waals surface area contributed by atoms with Gasteiger partial charge in [-0.05, 0) is 61.9 Å². The molecule has 0 radical (unpaired) electrons. The van der Waals surface area contributed by atoms with E-state index in [9.17, 15) is 95.8 Å². The molecule has 6 aromatic rings. The summed E-state index contributed by atoms with van der Waals surface area (Å²) in [6, 6.07) is 10.4. The Balaban J connectivity index is 0.000000359. The lowest BCUT2D eigenvalue weighted by molar-refractivity contribution is -0.385. The van der Waals surface area contributed by atoms with Gasteiger partial charge < -0.3 is 58.9 Å². The van der Waals surface area contributed by atoms with Crippen LogP contribution in [0, 0.1) is 10.1 Å². The molecule has 0 aliphatic rings. The second-order valence-corrected chi connectivity index (χ2v) is 24.7. The van der Waals surface area contributed by atoms with Crippen LogP contribution in [0.2, 0.25) is 5.02 Å². The van der Waals surface area contributed by atoms with E-state index in [4.69, 9.17) is 51.4 Å². The smallest absolute Gasteiger partial charge is 0.416 e. The monoisotopic (exact) mass is 1490 g/mol. The summed E-state index contributed by atoms with van der Waals surface area (Å²) in [6.45, 7) is -4.81. The molecule has 0 fully saturated rings. The highest BCUT2D eigenvalue weighted by Crippen LogP contribution is 2.38. The van der Waals surface area contributed by atoms with Crippen LogP contribution in [-0.4, -0.2) is 182 Å². The summed E-state index contributed by atoms with van der Waals surface area (Å²) in [5.41, 5.74) is 2.10. The molecule has 3 aromatic carbocycles. The van der Waals surface area contributed by atoms with Gasteiger partial charge in [0.05, 0.1) is 59.6 Å². The molecule has 36 nitrogen and oxygen atoms in total. The highest BCUT2D eigenvalue weighted by atomic mass is 35.5. The summed E-state index contributed by atoms with van der Waals surface area (Å²) in [5.74, 6) is -8.61. The molecule has 0 saturated carbocycles. The summed E-state index contributed by atoms with van der Waals surface area (Å²) >= 11 is 5.81. The van der Waals surface area contributed by atoms with Crippen molar-refractivity contribution in [1.82, 2.24) is 39.3 Å². The van der Waals surface area contributed by atoms with Gasteiger partial charge in [0.2, 0.25) is 35.4 Å². The number of carboxylic acids is 2. The number of nitro benzene ring substituents is 1. The summed E-state index contributed by atoms with van der Waals surface area (Å²) in [4.78, 5) is 118. The molecule has 0 aliphatic heterocycles. The number of aromatic carboxylic acids is 1. The lowest BCUT2D eigenvalue weighted by Crippen LogP contribution is -2.36. The summed E-state index contributed by atoms with van der Waals surface area (Å²) < 4.78 is 183. The lowest BCUT2D eigenvalue weighted by atomic mass is 10.1. The SMILES string of the molecule is CCOC(=O)COC(=O)c1cc(Oc2ccc(C(F)(F)F)cc2Cl)ccc1[N+](=O)[O-].COc1cc(OC)nc(NC(=O)NS(=O)(=O)c2ncccc2C(=O)N(C)C)n1.CP(=O)(O)CCC(N)C(=O)O.O=C(Nc1nc(OC(F)F)cc(OC(F)F)n1)NS(=O)(=O)c1ccccc1C(=O)O. The lowest BCUT2D eigenvalue weighted by Gasteiger charge is -2.14. The van der Waals surface area contributed by atoms with Gasteiger partial charge in [-0.15, -0.1) is 0 Å². The fraction of sp³-hybridized carbons (Fsp3) is 0.269. The third kappa shape index (κ3) is 27.6. The molecule has 9 N–H and O–H groups in total. The van der Waals surface area contributed by atoms with Gasteiger partial charge in [-0.25, -0.2) is 46.8 Å². The minimum absolute atomic E-state index is 0.0412. The molecule has 5 amide bonds. The van der Waals surface area contributed by atoms with Crippen LogP contribution in [0.25, 0.3) is 0 Å². The zero-order chi connectivity index (χ0) is 74.9. The van der Waals surface area contributed by atoms with Crippen LogP contribution in [0.5, 0.6) is 35.0 Å². The van der Waals surface area contributed by atoms with Crippen molar-refractivity contribution < 1.29 is 139 Å². The maximum Gasteiger partial charge on any atom is 0.416 e. The van der Waals surface area contributed by atoms with E-state index in [0.717, 1.165) is 42.5 Å². The molecule has 99 heavy (non-hydrogen) atoms. The number of anilines is 2. The number of aliphatic carboxylic acids is 1. The van der Waals surface area contributed by atoms with Crippen LogP contribution in [0.1, 0.15) is 50.0 Å². The maximum absolute atomic E-state index is 12.7. The van der Waals surface area contributed by atoms with Gasteiger partial charge in [-0.3, -0.25) is 34.9 Å². The number of nitrogens with zero attached hydrogens (tertiary/aromatic N) is 7. The van der Waals surface area contributed by atoms with Crippen molar-refractivity contribution in [3.63, 3.8) is 0 Å². The second-order valence-electron chi connectivity index (χ2n) is 18.4. The number of sulfonamides is 2. The molecule has 6 rings (SSSR count). The predicted molar refractivity (Wildman–Crippen MR) is 322 cm³/mol. The molecule has 3 heterocycles. The van der Waals surface area contributed by atoms with Crippen molar-refractivity contribution in [2.24, 2.45) is 5.73 Å². The molecular formula is C52H53ClF7N12O24PS2. The number of carbonyl (C=O) groups excluding carboxylic acids is 5. The predicted octanol–water partition coefficient (Wildman–Crippen LogP) is 6.46. The van der Waals surface area contributed by atoms with E-state index < -0.39 is 156 Å². The molecule has 0 bridgehead atoms. The van der Waals surface area contributed by atoms with E-state index in [-0.39, 0.29) is 59.0 Å². The molecular weight excluding hydrogens is 1440 g/mol. The minimum Gasteiger partial charge on any atom is -0.481 e. The quantitative estimate of drug-likeness (QED) is 0.0100. The molecule has 0 spiro atoms. The summed E-state index contributed by atoms with van der Waals surface area (Å²) in [7, 11) is -6.67. The van der Waals surface area contributed by atoms with Crippen molar-refractivity contribution in [3.8, 4) is 35.0 Å². The van der Waals surface area contributed by atoms with Gasteiger partial charge in [0.1, 0.15) is 28.0 Å². The number of nitrogens with two attached hydrogens (primary N) is 1. The topological polar surface area (TPSA) is 515 Å². The maximum atomic E-state index is 12.7. The van der Waals surface area contributed by atoms with Crippen LogP contribution in [0.4, 0.5) is 57.9 Å². The number of pyridine rings is 1. The van der Waals surface area contributed by atoms with Gasteiger partial charge in [-0.2, -0.15) is 59.1 Å². The zero-order valence-electron chi connectivity index (χ0n) is 51.1. The van der Waals surface area contributed by atoms with Crippen molar-refractivity contribution in [1.29, 1.82) is 0 Å². The first kappa shape index (κ1) is 82.3. The first-order valence-corrected chi connectivity index (χ1v) is 32.0. The first-order valence-electron chi connectivity index (χ1n) is 26.4. The van der Waals surface area contributed by atoms with Crippen molar-refractivity contribution in [2.75, 3.05) is 65.0 Å². The van der Waals surface area contributed by atoms with E-state index in [0.29, 0.717) is 12.1 Å². The average molecular weight is 1490 g/mol. The number of nitro groups is 1. The van der Waals surface area contributed by atoms with E-state index in [1.165, 1.54) is 88.1 Å². The normalized spacial score (nSPS) is 11.9. The van der Waals surface area contributed by atoms with Crippen LogP contribution in [-0.2, 0) is 49.9 Å². The molecule has 3 aromatic heterocycles. The van der Waals surface area contributed by atoms with Crippen LogP contribution in [0.15, 0.2) is 101 Å². The van der Waals surface area contributed by atoms with Crippen molar-refractivity contribution in [3.05, 3.63) is 129 Å². The Kier molecular flexibility index (Phi) is 30.8. The molecule has 2 atom stereocenters. The number of carbonyl (C=O) groups is 7. The number of ether oxygens (including phenoxy) is 7. The second kappa shape index (κ2) is 37.0. The van der Waals surface area contributed by atoms with Crippen LogP contribution < -0.4 is 49.5 Å². The number of halogens is 8. The number of benzene rings is 3. The fourth-order valence-corrected chi connectivity index (χ4v) is 9.74. The number of hydrogen-bond acceptors (Lipinski definition) is 27. The number of esters is 2. The van der Waals surface area contributed by atoms with Gasteiger partial charge in [0.15, 0.2) is 19.0 Å². The number of alkyl halides is 7. The number of rotatable bonds is 25. The van der Waals surface area contributed by atoms with Crippen molar-refractivity contribution >= 4 is 98.4 Å².